The van der Waals surface area contributed by atoms with Crippen LogP contribution in [0.15, 0.2) is 42.7 Å². The van der Waals surface area contributed by atoms with Gasteiger partial charge in [0.05, 0.1) is 11.9 Å². The number of carbonyl (C=O) groups is 2. The molecule has 0 fully saturated rings. The highest BCUT2D eigenvalue weighted by atomic mass is 16.5. The highest BCUT2D eigenvalue weighted by Gasteiger charge is 2.16. The van der Waals surface area contributed by atoms with Crippen molar-refractivity contribution in [3.8, 4) is 0 Å². The Labute approximate surface area is 121 Å². The zero-order chi connectivity index (χ0) is 15.1. The molecule has 3 N–H and O–H groups in total. The number of aromatic nitrogens is 2. The number of hydrogen-bond acceptors (Lipinski definition) is 4. The molecular formula is C14H16N4O3. The predicted molar refractivity (Wildman–Crippen MR) is 76.4 cm³/mol. The Morgan fingerprint density at radius 2 is 2.10 bits per heavy atom. The molecule has 7 nitrogen and oxygen atoms in total. The van der Waals surface area contributed by atoms with Gasteiger partial charge in [-0.3, -0.25) is 9.89 Å². The van der Waals surface area contributed by atoms with Gasteiger partial charge < -0.3 is 15.4 Å². The maximum absolute atomic E-state index is 11.8. The summed E-state index contributed by atoms with van der Waals surface area (Å²) in [5, 5.41) is 11.3. The third-order valence-corrected chi connectivity index (χ3v) is 2.71. The van der Waals surface area contributed by atoms with Gasteiger partial charge in [0.25, 0.3) is 0 Å². The second kappa shape index (κ2) is 7.09. The summed E-state index contributed by atoms with van der Waals surface area (Å²) in [4.78, 5) is 23.4. The molecule has 1 aromatic heterocycles. The first kappa shape index (κ1) is 14.6. The molecule has 21 heavy (non-hydrogen) atoms. The maximum Gasteiger partial charge on any atom is 0.408 e. The molecule has 0 aliphatic carbocycles. The topological polar surface area (TPSA) is 96.1 Å². The minimum absolute atomic E-state index is 0.155. The average Bonchev–Trinajstić information content (AvgIpc) is 2.99. The van der Waals surface area contributed by atoms with Gasteiger partial charge in [-0.1, -0.05) is 30.3 Å². The number of benzene rings is 1. The molecule has 7 heteroatoms. The molecule has 0 aliphatic heterocycles. The van der Waals surface area contributed by atoms with Crippen LogP contribution in [0.2, 0.25) is 0 Å². The number of alkyl carbamates (subject to hydrolysis) is 1. The minimum atomic E-state index is -0.719. The van der Waals surface area contributed by atoms with Crippen LogP contribution in [0.5, 0.6) is 0 Å². The van der Waals surface area contributed by atoms with Gasteiger partial charge in [-0.2, -0.15) is 5.10 Å². The van der Waals surface area contributed by atoms with E-state index in [1.165, 1.54) is 6.20 Å². The number of rotatable bonds is 5. The molecule has 1 aromatic carbocycles. The molecular weight excluding hydrogens is 272 g/mol. The van der Waals surface area contributed by atoms with Crippen LogP contribution in [0.25, 0.3) is 0 Å². The summed E-state index contributed by atoms with van der Waals surface area (Å²) in [6, 6.07) is 8.58. The predicted octanol–water partition coefficient (Wildman–Crippen LogP) is 1.66. The monoisotopic (exact) mass is 288 g/mol. The van der Waals surface area contributed by atoms with Crippen molar-refractivity contribution in [2.45, 2.75) is 19.6 Å². The number of aromatic amines is 1. The second-order valence-electron chi connectivity index (χ2n) is 4.40. The van der Waals surface area contributed by atoms with Gasteiger partial charge in [-0.15, -0.1) is 0 Å². The third-order valence-electron chi connectivity index (χ3n) is 2.71. The summed E-state index contributed by atoms with van der Waals surface area (Å²) < 4.78 is 5.04. The number of nitrogens with zero attached hydrogens (tertiary/aromatic N) is 1. The number of anilines is 1. The van der Waals surface area contributed by atoms with Crippen molar-refractivity contribution in [2.75, 3.05) is 5.32 Å². The van der Waals surface area contributed by atoms with Crippen LogP contribution in [0.4, 0.5) is 10.5 Å². The highest BCUT2D eigenvalue weighted by molar-refractivity contribution is 5.95. The fourth-order valence-corrected chi connectivity index (χ4v) is 1.58. The van der Waals surface area contributed by atoms with E-state index in [1.54, 1.807) is 13.1 Å². The van der Waals surface area contributed by atoms with Crippen LogP contribution < -0.4 is 10.6 Å². The summed E-state index contributed by atoms with van der Waals surface area (Å²) in [5.74, 6) is -0.354. The fraction of sp³-hybridized carbons (Fsp3) is 0.214. The summed E-state index contributed by atoms with van der Waals surface area (Å²) >= 11 is 0. The molecule has 0 radical (unpaired) electrons. The van der Waals surface area contributed by atoms with E-state index in [0.717, 1.165) is 5.56 Å². The van der Waals surface area contributed by atoms with Gasteiger partial charge in [0.1, 0.15) is 12.6 Å². The number of hydrogen-bond donors (Lipinski definition) is 3. The lowest BCUT2D eigenvalue weighted by molar-refractivity contribution is -0.117. The number of nitrogens with one attached hydrogen (secondary N) is 3. The summed E-state index contributed by atoms with van der Waals surface area (Å²) in [6.07, 6.45) is 2.37. The summed E-state index contributed by atoms with van der Waals surface area (Å²) in [5.41, 5.74) is 1.41. The van der Waals surface area contributed by atoms with Crippen molar-refractivity contribution in [1.82, 2.24) is 15.5 Å². The van der Waals surface area contributed by atoms with Gasteiger partial charge >= 0.3 is 6.09 Å². The first-order chi connectivity index (χ1) is 10.1. The standard InChI is InChI=1S/C14H16N4O3/c1-10(13(19)18-12-7-15-16-8-12)17-14(20)21-9-11-5-3-2-4-6-11/h2-8,10H,9H2,1H3,(H,15,16)(H,17,20)(H,18,19)/t10-/m0/s1. The Kier molecular flexibility index (Phi) is 4.92. The lowest BCUT2D eigenvalue weighted by atomic mass is 10.2. The van der Waals surface area contributed by atoms with Gasteiger partial charge in [0.2, 0.25) is 5.91 Å². The molecule has 0 spiro atoms. The van der Waals surface area contributed by atoms with Crippen LogP contribution >= 0.6 is 0 Å². The quantitative estimate of drug-likeness (QED) is 0.779. The number of amides is 2. The molecule has 1 heterocycles. The fourth-order valence-electron chi connectivity index (χ4n) is 1.58. The smallest absolute Gasteiger partial charge is 0.408 e. The SMILES string of the molecule is C[C@H](NC(=O)OCc1ccccc1)C(=O)Nc1cn[nH]c1. The van der Waals surface area contributed by atoms with E-state index in [-0.39, 0.29) is 12.5 Å². The molecule has 0 saturated carbocycles. The largest absolute Gasteiger partial charge is 0.445 e. The molecule has 2 aromatic rings. The van der Waals surface area contributed by atoms with Gasteiger partial charge in [0, 0.05) is 6.20 Å². The van der Waals surface area contributed by atoms with Crippen molar-refractivity contribution >= 4 is 17.7 Å². The Balaban J connectivity index is 1.75. The Morgan fingerprint density at radius 3 is 2.76 bits per heavy atom. The van der Waals surface area contributed by atoms with E-state index in [0.29, 0.717) is 5.69 Å². The second-order valence-corrected chi connectivity index (χ2v) is 4.40. The molecule has 110 valence electrons. The lowest BCUT2D eigenvalue weighted by Gasteiger charge is -2.13. The molecule has 0 aliphatic rings. The number of ether oxygens (including phenoxy) is 1. The number of carbonyl (C=O) groups excluding carboxylic acids is 2. The Morgan fingerprint density at radius 1 is 1.33 bits per heavy atom. The Hall–Kier alpha value is -2.83. The lowest BCUT2D eigenvalue weighted by Crippen LogP contribution is -2.41. The third kappa shape index (κ3) is 4.64. The summed E-state index contributed by atoms with van der Waals surface area (Å²) in [7, 11) is 0. The van der Waals surface area contributed by atoms with Crippen LogP contribution in [0, 0.1) is 0 Å². The van der Waals surface area contributed by atoms with E-state index < -0.39 is 12.1 Å². The minimum Gasteiger partial charge on any atom is -0.445 e. The zero-order valence-electron chi connectivity index (χ0n) is 11.5. The van der Waals surface area contributed by atoms with Gasteiger partial charge in [-0.25, -0.2) is 4.79 Å². The maximum atomic E-state index is 11.8. The van der Waals surface area contributed by atoms with E-state index in [1.807, 2.05) is 30.3 Å². The average molecular weight is 288 g/mol. The van der Waals surface area contributed by atoms with Crippen LogP contribution in [0.3, 0.4) is 0 Å². The van der Waals surface area contributed by atoms with Crippen molar-refractivity contribution in [2.24, 2.45) is 0 Å². The van der Waals surface area contributed by atoms with E-state index in [2.05, 4.69) is 20.8 Å². The van der Waals surface area contributed by atoms with Crippen LogP contribution in [-0.2, 0) is 16.1 Å². The summed E-state index contributed by atoms with van der Waals surface area (Å²) in [6.45, 7) is 1.72. The van der Waals surface area contributed by atoms with Crippen molar-refractivity contribution in [3.05, 3.63) is 48.3 Å². The van der Waals surface area contributed by atoms with Crippen LogP contribution in [-0.4, -0.2) is 28.2 Å². The Bertz CT molecular complexity index is 584. The first-order valence-electron chi connectivity index (χ1n) is 6.42. The molecule has 1 atom stereocenters. The molecule has 0 unspecified atom stereocenters. The zero-order valence-corrected chi connectivity index (χ0v) is 11.5. The van der Waals surface area contributed by atoms with Gasteiger partial charge in [-0.05, 0) is 12.5 Å². The number of H-pyrrole nitrogens is 1. The molecule has 0 saturated heterocycles. The normalized spacial score (nSPS) is 11.5. The van der Waals surface area contributed by atoms with Crippen molar-refractivity contribution in [3.63, 3.8) is 0 Å². The van der Waals surface area contributed by atoms with E-state index in [4.69, 9.17) is 4.74 Å². The molecule has 2 amide bonds. The van der Waals surface area contributed by atoms with Gasteiger partial charge in [0.15, 0.2) is 0 Å². The van der Waals surface area contributed by atoms with Crippen LogP contribution in [0.1, 0.15) is 12.5 Å². The molecule has 0 bridgehead atoms. The highest BCUT2D eigenvalue weighted by Crippen LogP contribution is 2.03. The van der Waals surface area contributed by atoms with E-state index in [9.17, 15) is 9.59 Å². The molecule has 2 rings (SSSR count). The first-order valence-corrected chi connectivity index (χ1v) is 6.42. The van der Waals surface area contributed by atoms with Crippen molar-refractivity contribution < 1.29 is 14.3 Å². The van der Waals surface area contributed by atoms with Crippen molar-refractivity contribution in [1.29, 1.82) is 0 Å². The van der Waals surface area contributed by atoms with E-state index >= 15 is 0 Å².